The van der Waals surface area contributed by atoms with Crippen LogP contribution in [0, 0.1) is 12.8 Å². The molecule has 0 bridgehead atoms. The third-order valence-electron chi connectivity index (χ3n) is 5.86. The van der Waals surface area contributed by atoms with Gasteiger partial charge in [-0.1, -0.05) is 6.07 Å². The van der Waals surface area contributed by atoms with Crippen LogP contribution in [0.25, 0.3) is 0 Å². The summed E-state index contributed by atoms with van der Waals surface area (Å²) in [4.78, 5) is 9.92. The zero-order valence-electron chi connectivity index (χ0n) is 18.1. The number of hydrogen-bond donors (Lipinski definition) is 1. The fraction of sp³-hybridized carbons (Fsp3) is 0.652. The van der Waals surface area contributed by atoms with Gasteiger partial charge < -0.3 is 15.2 Å². The quantitative estimate of drug-likeness (QED) is 0.640. The van der Waals surface area contributed by atoms with Gasteiger partial charge in [0, 0.05) is 17.9 Å². The van der Waals surface area contributed by atoms with Crippen molar-refractivity contribution < 1.29 is 13.9 Å². The third-order valence-corrected chi connectivity index (χ3v) is 5.86. The molecular formula is C23H34FN3O2. The third kappa shape index (κ3) is 4.80. The normalized spacial score (nSPS) is 27.1. The molecular weight excluding hydrogens is 369 g/mol. The maximum absolute atomic E-state index is 12.4. The van der Waals surface area contributed by atoms with E-state index in [1.165, 1.54) is 0 Å². The van der Waals surface area contributed by atoms with Gasteiger partial charge in [0.1, 0.15) is 11.6 Å². The molecule has 29 heavy (non-hydrogen) atoms. The summed E-state index contributed by atoms with van der Waals surface area (Å²) >= 11 is 0. The lowest BCUT2D eigenvalue weighted by atomic mass is 9.75. The standard InChI is InChI=1S/C23H34FN3O2/c1-15(2)29-19-10-7-18(8-11-19)23(26-17(4)22(25)27-23)21-14-20(9-6-16(21)3)28-13-5-12-24/h6,9,14-15,18-19H,5,7-8,10-13H2,1-4H3,(H2,25,27). The number of halogens is 1. The Hall–Kier alpha value is -1.95. The van der Waals surface area contributed by atoms with E-state index in [0.717, 1.165) is 48.3 Å². The van der Waals surface area contributed by atoms with Crippen LogP contribution in [0.4, 0.5) is 4.39 Å². The van der Waals surface area contributed by atoms with Crippen LogP contribution >= 0.6 is 0 Å². The SMILES string of the molecule is CC1=NC(c2cc(OCCCF)ccc2C)(C2CCC(OC(C)C)CC2)N=C1N. The Bertz CT molecular complexity index is 749. The molecule has 1 aliphatic heterocycles. The maximum atomic E-state index is 12.4. The van der Waals surface area contributed by atoms with Crippen molar-refractivity contribution in [2.45, 2.75) is 77.7 Å². The second-order valence-corrected chi connectivity index (χ2v) is 8.45. The zero-order valence-corrected chi connectivity index (χ0v) is 18.1. The van der Waals surface area contributed by atoms with Gasteiger partial charge in [-0.15, -0.1) is 0 Å². The number of aliphatic imine (C=N–C) groups is 2. The fourth-order valence-electron chi connectivity index (χ4n) is 4.44. The zero-order chi connectivity index (χ0) is 21.0. The summed E-state index contributed by atoms with van der Waals surface area (Å²) in [5.74, 6) is 1.49. The van der Waals surface area contributed by atoms with Crippen molar-refractivity contribution in [1.82, 2.24) is 0 Å². The Kier molecular flexibility index (Phi) is 6.93. The van der Waals surface area contributed by atoms with Gasteiger partial charge in [0.05, 0.1) is 31.2 Å². The Morgan fingerprint density at radius 1 is 1.17 bits per heavy atom. The average Bonchev–Trinajstić information content (AvgIpc) is 2.99. The van der Waals surface area contributed by atoms with Crippen LogP contribution in [0.2, 0.25) is 0 Å². The second-order valence-electron chi connectivity index (χ2n) is 8.45. The maximum Gasteiger partial charge on any atom is 0.181 e. The van der Waals surface area contributed by atoms with Crippen molar-refractivity contribution in [3.05, 3.63) is 29.3 Å². The van der Waals surface area contributed by atoms with Crippen LogP contribution < -0.4 is 10.5 Å². The summed E-state index contributed by atoms with van der Waals surface area (Å²) in [6.07, 6.45) is 4.89. The number of amidine groups is 1. The molecule has 1 aromatic rings. The van der Waals surface area contributed by atoms with E-state index < -0.39 is 5.66 Å². The molecule has 1 aliphatic carbocycles. The summed E-state index contributed by atoms with van der Waals surface area (Å²) in [7, 11) is 0. The lowest BCUT2D eigenvalue weighted by molar-refractivity contribution is -0.0260. The molecule has 1 heterocycles. The minimum Gasteiger partial charge on any atom is -0.493 e. The molecule has 0 aromatic heterocycles. The van der Waals surface area contributed by atoms with Gasteiger partial charge in [0.25, 0.3) is 0 Å². The minimum absolute atomic E-state index is 0.242. The first kappa shape index (κ1) is 21.8. The van der Waals surface area contributed by atoms with Crippen molar-refractivity contribution in [3.8, 4) is 5.75 Å². The van der Waals surface area contributed by atoms with Gasteiger partial charge in [-0.3, -0.25) is 9.38 Å². The highest BCUT2D eigenvalue weighted by Crippen LogP contribution is 2.47. The number of hydrogen-bond acceptors (Lipinski definition) is 5. The van der Waals surface area contributed by atoms with Gasteiger partial charge in [-0.25, -0.2) is 4.99 Å². The van der Waals surface area contributed by atoms with E-state index in [1.54, 1.807) is 0 Å². The summed E-state index contributed by atoms with van der Waals surface area (Å²) in [5.41, 5.74) is 8.42. The molecule has 2 N–H and O–H groups in total. The lowest BCUT2D eigenvalue weighted by Crippen LogP contribution is -2.36. The smallest absolute Gasteiger partial charge is 0.181 e. The van der Waals surface area contributed by atoms with Crippen LogP contribution in [0.1, 0.15) is 64.0 Å². The monoisotopic (exact) mass is 403 g/mol. The first-order valence-electron chi connectivity index (χ1n) is 10.7. The molecule has 2 aliphatic rings. The first-order chi connectivity index (χ1) is 13.9. The molecule has 1 atom stereocenters. The van der Waals surface area contributed by atoms with Crippen molar-refractivity contribution in [1.29, 1.82) is 0 Å². The molecule has 3 rings (SSSR count). The average molecular weight is 404 g/mol. The molecule has 1 aromatic carbocycles. The number of nitrogens with zero attached hydrogens (tertiary/aromatic N) is 2. The van der Waals surface area contributed by atoms with Crippen LogP contribution in [0.15, 0.2) is 28.2 Å². The van der Waals surface area contributed by atoms with Crippen molar-refractivity contribution in [3.63, 3.8) is 0 Å². The minimum atomic E-state index is -0.708. The van der Waals surface area contributed by atoms with E-state index in [2.05, 4.69) is 20.8 Å². The Morgan fingerprint density at radius 3 is 2.48 bits per heavy atom. The summed E-state index contributed by atoms with van der Waals surface area (Å²) < 4.78 is 24.2. The summed E-state index contributed by atoms with van der Waals surface area (Å²) in [5, 5.41) is 0. The van der Waals surface area contributed by atoms with E-state index in [4.69, 9.17) is 25.2 Å². The molecule has 1 saturated carbocycles. The predicted molar refractivity (Wildman–Crippen MR) is 116 cm³/mol. The van der Waals surface area contributed by atoms with Gasteiger partial charge in [0.15, 0.2) is 5.66 Å². The highest BCUT2D eigenvalue weighted by atomic mass is 19.1. The molecule has 1 fully saturated rings. The highest BCUT2D eigenvalue weighted by molar-refractivity contribution is 6.41. The Labute approximate surface area is 173 Å². The van der Waals surface area contributed by atoms with Gasteiger partial charge in [-0.2, -0.15) is 0 Å². The van der Waals surface area contributed by atoms with Crippen molar-refractivity contribution >= 4 is 11.5 Å². The van der Waals surface area contributed by atoms with Crippen molar-refractivity contribution in [2.75, 3.05) is 13.3 Å². The molecule has 0 saturated heterocycles. The number of alkyl halides is 1. The van der Waals surface area contributed by atoms with E-state index in [9.17, 15) is 4.39 Å². The van der Waals surface area contributed by atoms with E-state index in [1.807, 2.05) is 25.1 Å². The molecule has 160 valence electrons. The van der Waals surface area contributed by atoms with Crippen LogP contribution in [0.3, 0.4) is 0 Å². The molecule has 0 amide bonds. The van der Waals surface area contributed by atoms with Crippen molar-refractivity contribution in [2.24, 2.45) is 21.6 Å². The number of rotatable bonds is 8. The predicted octanol–water partition coefficient (Wildman–Crippen LogP) is 4.70. The topological polar surface area (TPSA) is 69.2 Å². The van der Waals surface area contributed by atoms with Gasteiger partial charge in [0.2, 0.25) is 0 Å². The fourth-order valence-corrected chi connectivity index (χ4v) is 4.44. The largest absolute Gasteiger partial charge is 0.493 e. The summed E-state index contributed by atoms with van der Waals surface area (Å²) in [6, 6.07) is 5.98. The first-order valence-corrected chi connectivity index (χ1v) is 10.7. The summed E-state index contributed by atoms with van der Waals surface area (Å²) in [6.45, 7) is 8.14. The van der Waals surface area contributed by atoms with Gasteiger partial charge in [-0.05, 0) is 71.1 Å². The lowest BCUT2D eigenvalue weighted by Gasteiger charge is -2.39. The number of benzene rings is 1. The van der Waals surface area contributed by atoms with E-state index in [-0.39, 0.29) is 18.7 Å². The van der Waals surface area contributed by atoms with Crippen LogP contribution in [-0.2, 0) is 10.4 Å². The molecule has 0 radical (unpaired) electrons. The highest BCUT2D eigenvalue weighted by Gasteiger charge is 2.46. The Balaban J connectivity index is 1.90. The number of aryl methyl sites for hydroxylation is 1. The number of nitrogens with two attached hydrogens (primary N) is 1. The second kappa shape index (κ2) is 9.24. The van der Waals surface area contributed by atoms with Crippen LogP contribution in [-0.4, -0.2) is 37.0 Å². The van der Waals surface area contributed by atoms with E-state index in [0.29, 0.717) is 25.0 Å². The number of ether oxygens (including phenoxy) is 2. The van der Waals surface area contributed by atoms with Gasteiger partial charge >= 0.3 is 0 Å². The Morgan fingerprint density at radius 2 is 1.90 bits per heavy atom. The van der Waals surface area contributed by atoms with Crippen LogP contribution in [0.5, 0.6) is 5.75 Å². The molecule has 1 unspecified atom stereocenters. The van der Waals surface area contributed by atoms with E-state index >= 15 is 0 Å². The molecule has 5 nitrogen and oxygen atoms in total. The molecule has 6 heteroatoms. The molecule has 0 spiro atoms.